The number of carbonyl (C=O) groups excluding carboxylic acids is 1. The van der Waals surface area contributed by atoms with Crippen molar-refractivity contribution in [3.05, 3.63) is 46.5 Å². The van der Waals surface area contributed by atoms with Gasteiger partial charge in [-0.15, -0.1) is 0 Å². The van der Waals surface area contributed by atoms with E-state index in [0.717, 1.165) is 11.3 Å². The maximum atomic E-state index is 11.9. The van der Waals surface area contributed by atoms with E-state index in [1.165, 1.54) is 11.5 Å². The maximum absolute atomic E-state index is 11.9. The van der Waals surface area contributed by atoms with E-state index in [9.17, 15) is 9.90 Å². The number of methoxy groups -OCH3 is 1. The molecule has 0 fully saturated rings. The molecule has 6 heteroatoms. The zero-order valence-corrected chi connectivity index (χ0v) is 12.1. The van der Waals surface area contributed by atoms with Crippen LogP contribution in [-0.2, 0) is 0 Å². The van der Waals surface area contributed by atoms with Gasteiger partial charge < -0.3 is 15.2 Å². The van der Waals surface area contributed by atoms with E-state index in [2.05, 4.69) is 9.69 Å². The van der Waals surface area contributed by atoms with Crippen LogP contribution in [0, 0.1) is 6.92 Å². The number of carbonyl (C=O) groups is 1. The fourth-order valence-electron chi connectivity index (χ4n) is 1.74. The number of hydrogen-bond donors (Lipinski definition) is 2. The molecule has 0 aliphatic rings. The van der Waals surface area contributed by atoms with Crippen molar-refractivity contribution >= 4 is 17.4 Å². The van der Waals surface area contributed by atoms with Gasteiger partial charge in [-0.2, -0.15) is 4.37 Å². The number of amides is 1. The summed E-state index contributed by atoms with van der Waals surface area (Å²) >= 11 is 1.24. The topological polar surface area (TPSA) is 71.5 Å². The second kappa shape index (κ2) is 6.49. The largest absolute Gasteiger partial charge is 0.497 e. The molecule has 2 N–H and O–H groups in total. The van der Waals surface area contributed by atoms with Gasteiger partial charge >= 0.3 is 0 Å². The zero-order valence-electron chi connectivity index (χ0n) is 11.3. The van der Waals surface area contributed by atoms with Gasteiger partial charge in [-0.1, -0.05) is 12.1 Å². The van der Waals surface area contributed by atoms with Gasteiger partial charge in [-0.05, 0) is 36.2 Å². The predicted octanol–water partition coefficient (Wildman–Crippen LogP) is 1.92. The van der Waals surface area contributed by atoms with Crippen LogP contribution in [0.4, 0.5) is 0 Å². The number of benzene rings is 1. The minimum absolute atomic E-state index is 0.153. The molecule has 2 aromatic rings. The molecule has 0 aliphatic heterocycles. The van der Waals surface area contributed by atoms with Crippen LogP contribution in [0.3, 0.4) is 0 Å². The Morgan fingerprint density at radius 3 is 2.70 bits per heavy atom. The lowest BCUT2D eigenvalue weighted by atomic mass is 10.1. The van der Waals surface area contributed by atoms with Gasteiger partial charge in [0.25, 0.3) is 5.91 Å². The first kappa shape index (κ1) is 14.5. The van der Waals surface area contributed by atoms with Crippen LogP contribution in [-0.4, -0.2) is 29.0 Å². The standard InChI is InChI=1S/C14H16N2O3S/c1-9-12(8-20-16-9)14(18)15-7-13(17)10-3-5-11(19-2)6-4-10/h3-6,8,13,17H,7H2,1-2H3,(H,15,18). The maximum Gasteiger partial charge on any atom is 0.254 e. The molecular weight excluding hydrogens is 276 g/mol. The van der Waals surface area contributed by atoms with E-state index in [4.69, 9.17) is 4.74 Å². The summed E-state index contributed by atoms with van der Waals surface area (Å²) < 4.78 is 9.10. The Morgan fingerprint density at radius 2 is 2.15 bits per heavy atom. The smallest absolute Gasteiger partial charge is 0.254 e. The highest BCUT2D eigenvalue weighted by Gasteiger charge is 2.13. The zero-order chi connectivity index (χ0) is 14.5. The summed E-state index contributed by atoms with van der Waals surface area (Å²) in [6.07, 6.45) is -0.753. The summed E-state index contributed by atoms with van der Waals surface area (Å²) in [5, 5.41) is 14.4. The average Bonchev–Trinajstić information content (AvgIpc) is 2.90. The van der Waals surface area contributed by atoms with E-state index < -0.39 is 6.10 Å². The molecule has 5 nitrogen and oxygen atoms in total. The average molecular weight is 292 g/mol. The number of hydrogen-bond acceptors (Lipinski definition) is 5. The summed E-state index contributed by atoms with van der Waals surface area (Å²) in [4.78, 5) is 11.9. The summed E-state index contributed by atoms with van der Waals surface area (Å²) in [6.45, 7) is 1.94. The van der Waals surface area contributed by atoms with E-state index in [1.54, 1.807) is 43.7 Å². The number of nitrogens with zero attached hydrogens (tertiary/aromatic N) is 1. The molecule has 1 aromatic carbocycles. The summed E-state index contributed by atoms with van der Waals surface area (Å²) in [6, 6.07) is 7.08. The van der Waals surface area contributed by atoms with E-state index in [1.807, 2.05) is 0 Å². The Hall–Kier alpha value is -1.92. The van der Waals surface area contributed by atoms with Crippen molar-refractivity contribution in [1.29, 1.82) is 0 Å². The molecule has 20 heavy (non-hydrogen) atoms. The van der Waals surface area contributed by atoms with Crippen molar-refractivity contribution in [3.63, 3.8) is 0 Å². The first-order chi connectivity index (χ1) is 9.61. The fourth-order valence-corrected chi connectivity index (χ4v) is 2.43. The van der Waals surface area contributed by atoms with Crippen molar-refractivity contribution in [2.24, 2.45) is 0 Å². The second-order valence-corrected chi connectivity index (χ2v) is 4.94. The van der Waals surface area contributed by atoms with Gasteiger partial charge in [0.2, 0.25) is 0 Å². The molecule has 1 amide bonds. The lowest BCUT2D eigenvalue weighted by Crippen LogP contribution is -2.28. The molecule has 1 atom stereocenters. The van der Waals surface area contributed by atoms with Crippen LogP contribution in [0.2, 0.25) is 0 Å². The minimum Gasteiger partial charge on any atom is -0.497 e. The van der Waals surface area contributed by atoms with Gasteiger partial charge in [0.1, 0.15) is 5.75 Å². The molecular formula is C14H16N2O3S. The third kappa shape index (κ3) is 3.34. The molecule has 1 unspecified atom stereocenters. The molecule has 106 valence electrons. The molecule has 2 rings (SSSR count). The van der Waals surface area contributed by atoms with Crippen LogP contribution in [0.5, 0.6) is 5.75 Å². The summed E-state index contributed by atoms with van der Waals surface area (Å²) in [7, 11) is 1.59. The minimum atomic E-state index is -0.753. The molecule has 0 radical (unpaired) electrons. The van der Waals surface area contributed by atoms with E-state index in [0.29, 0.717) is 11.3 Å². The number of aliphatic hydroxyl groups is 1. The SMILES string of the molecule is COc1ccc(C(O)CNC(=O)c2csnc2C)cc1. The number of aromatic nitrogens is 1. The Labute approximate surface area is 121 Å². The first-order valence-corrected chi connectivity index (χ1v) is 6.96. The third-order valence-corrected chi connectivity index (χ3v) is 3.67. The second-order valence-electron chi connectivity index (χ2n) is 4.31. The Balaban J connectivity index is 1.93. The number of ether oxygens (including phenoxy) is 1. The number of nitrogens with one attached hydrogen (secondary N) is 1. The monoisotopic (exact) mass is 292 g/mol. The van der Waals surface area contributed by atoms with Gasteiger partial charge in [0.15, 0.2) is 0 Å². The predicted molar refractivity (Wildman–Crippen MR) is 77.1 cm³/mol. The number of rotatable bonds is 5. The lowest BCUT2D eigenvalue weighted by molar-refractivity contribution is 0.0916. The Bertz CT molecular complexity index is 580. The number of aryl methyl sites for hydroxylation is 1. The van der Waals surface area contributed by atoms with Crippen LogP contribution in [0.25, 0.3) is 0 Å². The van der Waals surface area contributed by atoms with Crippen molar-refractivity contribution in [1.82, 2.24) is 9.69 Å². The Kier molecular flexibility index (Phi) is 4.70. The van der Waals surface area contributed by atoms with Crippen LogP contribution in [0.1, 0.15) is 27.7 Å². The van der Waals surface area contributed by atoms with Gasteiger partial charge in [-0.3, -0.25) is 4.79 Å². The van der Waals surface area contributed by atoms with Crippen LogP contribution >= 0.6 is 11.5 Å². The highest BCUT2D eigenvalue weighted by Crippen LogP contribution is 2.17. The quantitative estimate of drug-likeness (QED) is 0.883. The van der Waals surface area contributed by atoms with E-state index in [-0.39, 0.29) is 12.5 Å². The van der Waals surface area contributed by atoms with E-state index >= 15 is 0 Å². The lowest BCUT2D eigenvalue weighted by Gasteiger charge is -2.12. The van der Waals surface area contributed by atoms with Crippen molar-refractivity contribution in [2.45, 2.75) is 13.0 Å². The van der Waals surface area contributed by atoms with Crippen LogP contribution < -0.4 is 10.1 Å². The van der Waals surface area contributed by atoms with Crippen LogP contribution in [0.15, 0.2) is 29.6 Å². The molecule has 1 aromatic heterocycles. The molecule has 0 bridgehead atoms. The molecule has 0 saturated heterocycles. The van der Waals surface area contributed by atoms with Crippen molar-refractivity contribution in [3.8, 4) is 5.75 Å². The van der Waals surface area contributed by atoms with Gasteiger partial charge in [0, 0.05) is 11.9 Å². The Morgan fingerprint density at radius 1 is 1.45 bits per heavy atom. The molecule has 1 heterocycles. The fraction of sp³-hybridized carbons (Fsp3) is 0.286. The van der Waals surface area contributed by atoms with Crippen molar-refractivity contribution in [2.75, 3.05) is 13.7 Å². The highest BCUT2D eigenvalue weighted by atomic mass is 32.1. The molecule has 0 saturated carbocycles. The first-order valence-electron chi connectivity index (χ1n) is 6.13. The summed E-state index contributed by atoms with van der Waals surface area (Å²) in [5.41, 5.74) is 1.98. The van der Waals surface area contributed by atoms with Crippen molar-refractivity contribution < 1.29 is 14.6 Å². The normalized spacial score (nSPS) is 11.9. The highest BCUT2D eigenvalue weighted by molar-refractivity contribution is 7.03. The van der Waals surface area contributed by atoms with Gasteiger partial charge in [-0.25, -0.2) is 0 Å². The molecule has 0 spiro atoms. The molecule has 0 aliphatic carbocycles. The third-order valence-electron chi connectivity index (χ3n) is 2.95. The summed E-state index contributed by atoms with van der Waals surface area (Å²) in [5.74, 6) is 0.508. The number of aliphatic hydroxyl groups excluding tert-OH is 1. The van der Waals surface area contributed by atoms with Gasteiger partial charge in [0.05, 0.1) is 24.5 Å².